The van der Waals surface area contributed by atoms with Crippen molar-refractivity contribution in [1.82, 2.24) is 19.9 Å². The summed E-state index contributed by atoms with van der Waals surface area (Å²) in [5, 5.41) is 18.1. The Balaban J connectivity index is -0.000000172. The zero-order valence-electron chi connectivity index (χ0n) is 52.9. The van der Waals surface area contributed by atoms with E-state index in [9.17, 15) is 5.11 Å². The maximum Gasteiger partial charge on any atom is 0.129 e. The summed E-state index contributed by atoms with van der Waals surface area (Å²) in [7, 11) is 6.96. The van der Waals surface area contributed by atoms with Crippen molar-refractivity contribution in [3.8, 4) is 60.0 Å². The molecule has 4 aliphatic heterocycles. The van der Waals surface area contributed by atoms with Crippen molar-refractivity contribution >= 4 is 68.5 Å². The van der Waals surface area contributed by atoms with E-state index in [0.29, 0.717) is 0 Å². The van der Waals surface area contributed by atoms with E-state index in [1.807, 2.05) is 36.7 Å². The first kappa shape index (κ1) is 94.6. The van der Waals surface area contributed by atoms with Gasteiger partial charge in [-0.05, 0) is 82.6 Å². The molecule has 0 aliphatic carbocycles. The van der Waals surface area contributed by atoms with Crippen molar-refractivity contribution in [3.63, 3.8) is 0 Å². The molecule has 454 valence electrons. The van der Waals surface area contributed by atoms with Gasteiger partial charge in [-0.2, -0.15) is 0 Å². The van der Waals surface area contributed by atoms with Crippen LogP contribution >= 0.6 is 0 Å². The molecule has 0 spiro atoms. The first-order valence-electron chi connectivity index (χ1n) is 26.5. The van der Waals surface area contributed by atoms with Crippen molar-refractivity contribution in [2.75, 3.05) is 72.0 Å². The number of rotatable bonds is 4. The molecule has 4 fully saturated rings. The van der Waals surface area contributed by atoms with Gasteiger partial charge in [0.15, 0.2) is 0 Å². The SMILES string of the molecule is C.C#CC(C)(C)O.C#C[Si](C)(C)C.C#Cc1ccc(N2CC[B]CC2)nc1.CC(C)(O)C#Cc1ccc(N2CC[B]CC2)nc1.C[Si](C)(C)C#Cc1ccc(N2CC[B]CC2)nc1.Cc1ccc(N2CC[B]CC2)nc1.[CH3-].[CH3-].[CH3-].[CH3-].[W].[W].[W].[W]. The summed E-state index contributed by atoms with van der Waals surface area (Å²) < 4.78 is 0. The van der Waals surface area contributed by atoms with Crippen LogP contribution in [0.25, 0.3) is 0 Å². The molecule has 0 amide bonds. The Morgan fingerprint density at radius 2 is 0.726 bits per heavy atom. The third-order valence-electron chi connectivity index (χ3n) is 11.3. The largest absolute Gasteiger partial charge is 0.378 e. The fraction of sp³-hybridized carbons (Fsp3) is 0.469. The Morgan fingerprint density at radius 1 is 0.452 bits per heavy atom. The predicted molar refractivity (Wildman–Crippen MR) is 363 cm³/mol. The van der Waals surface area contributed by atoms with Gasteiger partial charge in [0.05, 0.1) is 0 Å². The monoisotopic (exact) mass is 1850 g/mol. The molecule has 2 N–H and O–H groups in total. The summed E-state index contributed by atoms with van der Waals surface area (Å²) in [6, 6.07) is 16.3. The third-order valence-corrected chi connectivity index (χ3v) is 13.0. The number of aryl methyl sites for hydroxylation is 1. The molecular formula is C64H98B4N8O2Si2W4-4. The molecule has 20 heteroatoms. The number of hydrogen-bond acceptors (Lipinski definition) is 10. The van der Waals surface area contributed by atoms with E-state index in [4.69, 9.17) is 24.4 Å². The molecule has 10 nitrogen and oxygen atoms in total. The van der Waals surface area contributed by atoms with Crippen LogP contribution in [-0.4, -0.2) is 139 Å². The van der Waals surface area contributed by atoms with Gasteiger partial charge >= 0.3 is 0 Å². The van der Waals surface area contributed by atoms with Crippen molar-refractivity contribution in [1.29, 1.82) is 0 Å². The Bertz CT molecular complexity index is 2420. The Labute approximate surface area is 577 Å². The number of anilines is 4. The average Bonchev–Trinajstić information content (AvgIpc) is 3.41. The van der Waals surface area contributed by atoms with Gasteiger partial charge in [-0.15, -0.1) is 30.4 Å². The van der Waals surface area contributed by atoms with E-state index in [2.05, 4.69) is 180 Å². The Kier molecular flexibility index (Phi) is 56.2. The van der Waals surface area contributed by atoms with Crippen LogP contribution in [0.1, 0.15) is 57.4 Å². The molecular weight excluding hydrogens is 1750 g/mol. The van der Waals surface area contributed by atoms with Gasteiger partial charge in [0.25, 0.3) is 0 Å². The summed E-state index contributed by atoms with van der Waals surface area (Å²) in [5.41, 5.74) is 8.17. The van der Waals surface area contributed by atoms with Crippen LogP contribution in [0.4, 0.5) is 23.3 Å². The maximum absolute atomic E-state index is 9.53. The van der Waals surface area contributed by atoms with Gasteiger partial charge in [0.2, 0.25) is 0 Å². The van der Waals surface area contributed by atoms with E-state index in [0.717, 1.165) is 118 Å². The third kappa shape index (κ3) is 43.6. The van der Waals surface area contributed by atoms with Gasteiger partial charge < -0.3 is 59.5 Å². The second-order valence-corrected chi connectivity index (χ2v) is 31.4. The fourth-order valence-electron chi connectivity index (χ4n) is 7.00. The molecule has 4 aromatic heterocycles. The van der Waals surface area contributed by atoms with Gasteiger partial charge in [-0.1, -0.05) is 133 Å². The first-order valence-corrected chi connectivity index (χ1v) is 33.5. The average molecular weight is 1850 g/mol. The minimum atomic E-state index is -1.29. The first-order chi connectivity index (χ1) is 35.5. The summed E-state index contributed by atoms with van der Waals surface area (Å²) in [6.07, 6.45) is 31.8. The molecule has 84 heavy (non-hydrogen) atoms. The molecule has 4 saturated heterocycles. The van der Waals surface area contributed by atoms with Gasteiger partial charge in [-0.25, -0.2) is 19.9 Å². The molecule has 4 aromatic rings. The van der Waals surface area contributed by atoms with Gasteiger partial charge in [0, 0.05) is 178 Å². The molecule has 0 unspecified atom stereocenters. The normalized spacial score (nSPS) is 13.4. The van der Waals surface area contributed by atoms with Gasteiger partial charge in [0.1, 0.15) is 79.7 Å². The van der Waals surface area contributed by atoms with Crippen LogP contribution < -0.4 is 19.6 Å². The second kappa shape index (κ2) is 49.9. The molecule has 0 aromatic carbocycles. The molecule has 0 atom stereocenters. The maximum atomic E-state index is 9.53. The molecule has 4 radical (unpaired) electrons. The zero-order valence-corrected chi connectivity index (χ0v) is 66.6. The quantitative estimate of drug-likeness (QED) is 0.117. The van der Waals surface area contributed by atoms with E-state index in [1.54, 1.807) is 40.1 Å². The van der Waals surface area contributed by atoms with Crippen LogP contribution in [0, 0.1) is 96.6 Å². The van der Waals surface area contributed by atoms with Crippen LogP contribution in [-0.2, 0) is 84.3 Å². The van der Waals surface area contributed by atoms with Gasteiger partial charge in [-0.3, -0.25) is 0 Å². The predicted octanol–water partition coefficient (Wildman–Crippen LogP) is 11.7. The van der Waals surface area contributed by atoms with E-state index < -0.39 is 27.3 Å². The van der Waals surface area contributed by atoms with E-state index >= 15 is 0 Å². The molecule has 8 heterocycles. The number of aromatic nitrogens is 4. The second-order valence-electron chi connectivity index (χ2n) is 21.9. The topological polar surface area (TPSA) is 105 Å². The number of nitrogens with zero attached hydrogens (tertiary/aromatic N) is 8. The number of terminal acetylenes is 3. The summed E-state index contributed by atoms with van der Waals surface area (Å²) in [4.78, 5) is 27.0. The summed E-state index contributed by atoms with van der Waals surface area (Å²) in [5.74, 6) is 17.9. The minimum Gasteiger partial charge on any atom is -0.378 e. The standard InChI is InChI=1S/C14H18BN2O.C14H20BN2Si.C11H12BN2.C10H14BN2.C5H8O.C5H10Si.CH4.4CH3.4W/c1-14(2,18)6-5-12-3-4-13(16-11-12)17-9-7-15-8-10-17;1-18(2,3)11-6-13-4-5-14(16-12-13)17-9-7-15-8-10-17;1-2-10-3-4-11(13-9-10)14-7-5-12-6-8-14;1-9-2-3-10(12-8-9)13-6-4-11-5-7-13;1-4-5(2,3)6;1-5-6(2,3)4;;;;;;;;;/h3-4,11,18H,7-10H2,1-2H3;4-5,12H,7-10H2,1-3H3;1,3-4,9H,5-8H2;2-3,8H,4-7H2,1H3;1,6H,2-3H3;1H,2-4H3;1H4;4*1H3;;;;/q;;;;;;;4*-1;;;;. The molecule has 8 rings (SSSR count). The van der Waals surface area contributed by atoms with Crippen LogP contribution in [0.2, 0.25) is 89.8 Å². The smallest absolute Gasteiger partial charge is 0.129 e. The molecule has 0 saturated carbocycles. The van der Waals surface area contributed by atoms with Crippen LogP contribution in [0.5, 0.6) is 0 Å². The van der Waals surface area contributed by atoms with Crippen LogP contribution in [0.3, 0.4) is 0 Å². The Hall–Kier alpha value is -3.03. The van der Waals surface area contributed by atoms with Crippen LogP contribution in [0.15, 0.2) is 73.3 Å². The fourth-order valence-corrected chi connectivity index (χ4v) is 7.52. The number of pyridine rings is 4. The summed E-state index contributed by atoms with van der Waals surface area (Å²) >= 11 is 0. The number of hydrogen-bond donors (Lipinski definition) is 2. The molecule has 4 aliphatic rings. The van der Waals surface area contributed by atoms with Crippen molar-refractivity contribution in [2.45, 2.75) is 143 Å². The minimum absolute atomic E-state index is 0. The van der Waals surface area contributed by atoms with Crippen molar-refractivity contribution < 1.29 is 94.5 Å². The van der Waals surface area contributed by atoms with Crippen molar-refractivity contribution in [3.05, 3.63) is 125 Å². The van der Waals surface area contributed by atoms with E-state index in [-0.39, 0.29) is 121 Å². The van der Waals surface area contributed by atoms with Crippen molar-refractivity contribution in [2.24, 2.45) is 0 Å². The Morgan fingerprint density at radius 3 is 0.940 bits per heavy atom. The number of aliphatic hydroxyl groups is 2. The van der Waals surface area contributed by atoms with E-state index in [1.165, 1.54) is 30.8 Å². The summed E-state index contributed by atoms with van der Waals surface area (Å²) in [6.45, 7) is 30.4. The zero-order chi connectivity index (χ0) is 55.3. The molecule has 0 bridgehead atoms.